The molecule has 0 atom stereocenters. The fourth-order valence-corrected chi connectivity index (χ4v) is 1.65. The van der Waals surface area contributed by atoms with E-state index in [0.29, 0.717) is 11.1 Å². The van der Waals surface area contributed by atoms with Crippen molar-refractivity contribution in [1.29, 1.82) is 0 Å². The van der Waals surface area contributed by atoms with E-state index < -0.39 is 11.4 Å². The molecule has 2 N–H and O–H groups in total. The quantitative estimate of drug-likeness (QED) is 0.813. The summed E-state index contributed by atoms with van der Waals surface area (Å²) in [6, 6.07) is 4.21. The van der Waals surface area contributed by atoms with Crippen LogP contribution in [-0.2, 0) is 0 Å². The van der Waals surface area contributed by atoms with E-state index in [1.165, 1.54) is 12.1 Å². The number of aryl methyl sites for hydroxylation is 1. The largest absolute Gasteiger partial charge is 0.394 e. The molecule has 1 fully saturated rings. The lowest BCUT2D eigenvalue weighted by atomic mass is 10.1. The van der Waals surface area contributed by atoms with Gasteiger partial charge in [0, 0.05) is 5.56 Å². The fraction of sp³-hybridized carbons (Fsp3) is 0.417. The summed E-state index contributed by atoms with van der Waals surface area (Å²) in [5.41, 5.74) is 0.549. The molecule has 3 nitrogen and oxygen atoms in total. The van der Waals surface area contributed by atoms with Gasteiger partial charge >= 0.3 is 0 Å². The van der Waals surface area contributed by atoms with E-state index in [-0.39, 0.29) is 12.5 Å². The van der Waals surface area contributed by atoms with Crippen LogP contribution in [0.25, 0.3) is 0 Å². The molecule has 86 valence electrons. The Morgan fingerprint density at radius 3 is 2.69 bits per heavy atom. The SMILES string of the molecule is Cc1cc(F)cc(C(=O)NC2(CO)CC2)c1. The number of carbonyl (C=O) groups excluding carboxylic acids is 1. The first-order valence-electron chi connectivity index (χ1n) is 5.25. The first-order chi connectivity index (χ1) is 7.54. The molecule has 1 aliphatic carbocycles. The summed E-state index contributed by atoms with van der Waals surface area (Å²) >= 11 is 0. The Morgan fingerprint density at radius 1 is 1.50 bits per heavy atom. The number of hydrogen-bond donors (Lipinski definition) is 2. The standard InChI is InChI=1S/C12H14FNO2/c1-8-4-9(6-10(13)5-8)11(16)14-12(7-15)2-3-12/h4-6,15H,2-3,7H2,1H3,(H,14,16). The minimum atomic E-state index is -0.461. The van der Waals surface area contributed by atoms with Crippen molar-refractivity contribution in [3.8, 4) is 0 Å². The summed E-state index contributed by atoms with van der Waals surface area (Å²) in [6.07, 6.45) is 1.56. The molecule has 0 unspecified atom stereocenters. The van der Waals surface area contributed by atoms with Gasteiger partial charge in [0.1, 0.15) is 5.82 Å². The molecule has 0 heterocycles. The summed E-state index contributed by atoms with van der Waals surface area (Å²) in [5, 5.41) is 11.8. The Kier molecular flexibility index (Phi) is 2.68. The smallest absolute Gasteiger partial charge is 0.251 e. The number of nitrogens with one attached hydrogen (secondary N) is 1. The van der Waals surface area contributed by atoms with Crippen LogP contribution in [0.2, 0.25) is 0 Å². The molecule has 1 amide bonds. The molecule has 1 aromatic rings. The molecule has 0 bridgehead atoms. The number of hydrogen-bond acceptors (Lipinski definition) is 2. The summed E-state index contributed by atoms with van der Waals surface area (Å²) in [5.74, 6) is -0.742. The second kappa shape index (κ2) is 3.87. The third-order valence-electron chi connectivity index (χ3n) is 2.84. The van der Waals surface area contributed by atoms with Crippen LogP contribution in [0.1, 0.15) is 28.8 Å². The molecule has 2 rings (SSSR count). The van der Waals surface area contributed by atoms with E-state index >= 15 is 0 Å². The zero-order valence-electron chi connectivity index (χ0n) is 9.09. The predicted octanol–water partition coefficient (Wildman–Crippen LogP) is 1.39. The van der Waals surface area contributed by atoms with Gasteiger partial charge in [0.05, 0.1) is 12.1 Å². The number of carbonyl (C=O) groups is 1. The molecule has 1 aliphatic rings. The summed E-state index contributed by atoms with van der Waals surface area (Å²) < 4.78 is 13.1. The maximum Gasteiger partial charge on any atom is 0.251 e. The fourth-order valence-electron chi connectivity index (χ4n) is 1.65. The van der Waals surface area contributed by atoms with E-state index in [9.17, 15) is 9.18 Å². The first kappa shape index (κ1) is 11.1. The van der Waals surface area contributed by atoms with E-state index in [1.807, 2.05) is 0 Å². The van der Waals surface area contributed by atoms with Crippen LogP contribution in [0.3, 0.4) is 0 Å². The molecule has 0 aromatic heterocycles. The number of halogens is 1. The zero-order valence-corrected chi connectivity index (χ0v) is 9.09. The Hall–Kier alpha value is -1.42. The maximum atomic E-state index is 13.1. The normalized spacial score (nSPS) is 16.9. The zero-order chi connectivity index (χ0) is 11.8. The molecule has 0 spiro atoms. The van der Waals surface area contributed by atoms with Crippen molar-refractivity contribution in [2.75, 3.05) is 6.61 Å². The molecular formula is C12H14FNO2. The molecule has 16 heavy (non-hydrogen) atoms. The molecule has 0 aliphatic heterocycles. The van der Waals surface area contributed by atoms with Crippen molar-refractivity contribution in [2.45, 2.75) is 25.3 Å². The number of aliphatic hydroxyl groups excluding tert-OH is 1. The van der Waals surface area contributed by atoms with Gasteiger partial charge in [-0.25, -0.2) is 4.39 Å². The average Bonchev–Trinajstić information content (AvgIpc) is 2.97. The molecule has 4 heteroatoms. The van der Waals surface area contributed by atoms with Crippen molar-refractivity contribution in [3.05, 3.63) is 35.1 Å². The number of amides is 1. The number of benzene rings is 1. The molecule has 0 saturated heterocycles. The highest BCUT2D eigenvalue weighted by Crippen LogP contribution is 2.34. The van der Waals surface area contributed by atoms with Gasteiger partial charge in [-0.05, 0) is 43.5 Å². The van der Waals surface area contributed by atoms with Crippen LogP contribution in [-0.4, -0.2) is 23.2 Å². The van der Waals surface area contributed by atoms with Gasteiger partial charge in [-0.1, -0.05) is 0 Å². The Bertz CT molecular complexity index is 407. The second-order valence-electron chi connectivity index (χ2n) is 4.41. The molecular weight excluding hydrogens is 209 g/mol. The van der Waals surface area contributed by atoms with Gasteiger partial charge in [0.25, 0.3) is 5.91 Å². The van der Waals surface area contributed by atoms with Crippen molar-refractivity contribution < 1.29 is 14.3 Å². The lowest BCUT2D eigenvalue weighted by Gasteiger charge is -2.14. The summed E-state index contributed by atoms with van der Waals surface area (Å²) in [6.45, 7) is 1.67. The summed E-state index contributed by atoms with van der Waals surface area (Å²) in [4.78, 5) is 11.8. The Balaban J connectivity index is 2.14. The lowest BCUT2D eigenvalue weighted by molar-refractivity contribution is 0.0906. The monoisotopic (exact) mass is 223 g/mol. The number of aliphatic hydroxyl groups is 1. The highest BCUT2D eigenvalue weighted by molar-refractivity contribution is 5.95. The third-order valence-corrected chi connectivity index (χ3v) is 2.84. The van der Waals surface area contributed by atoms with Crippen LogP contribution >= 0.6 is 0 Å². The van der Waals surface area contributed by atoms with E-state index in [0.717, 1.165) is 12.8 Å². The van der Waals surface area contributed by atoms with Crippen LogP contribution < -0.4 is 5.32 Å². The van der Waals surface area contributed by atoms with E-state index in [4.69, 9.17) is 5.11 Å². The first-order valence-corrected chi connectivity index (χ1v) is 5.25. The van der Waals surface area contributed by atoms with Crippen molar-refractivity contribution in [3.63, 3.8) is 0 Å². The molecule has 1 saturated carbocycles. The van der Waals surface area contributed by atoms with Gasteiger partial charge in [-0.3, -0.25) is 4.79 Å². The minimum absolute atomic E-state index is 0.0625. The van der Waals surface area contributed by atoms with Crippen LogP contribution in [0.4, 0.5) is 4.39 Å². The van der Waals surface area contributed by atoms with Crippen LogP contribution in [0.15, 0.2) is 18.2 Å². The van der Waals surface area contributed by atoms with E-state index in [1.54, 1.807) is 13.0 Å². The van der Waals surface area contributed by atoms with Gasteiger partial charge in [-0.15, -0.1) is 0 Å². The predicted molar refractivity (Wildman–Crippen MR) is 57.7 cm³/mol. The maximum absolute atomic E-state index is 13.1. The van der Waals surface area contributed by atoms with Gasteiger partial charge in [0.15, 0.2) is 0 Å². The Morgan fingerprint density at radius 2 is 2.19 bits per heavy atom. The second-order valence-corrected chi connectivity index (χ2v) is 4.41. The summed E-state index contributed by atoms with van der Waals surface area (Å²) in [7, 11) is 0. The van der Waals surface area contributed by atoms with Gasteiger partial charge in [-0.2, -0.15) is 0 Å². The van der Waals surface area contributed by atoms with Crippen LogP contribution in [0.5, 0.6) is 0 Å². The van der Waals surface area contributed by atoms with Crippen LogP contribution in [0, 0.1) is 12.7 Å². The van der Waals surface area contributed by atoms with Crippen molar-refractivity contribution in [1.82, 2.24) is 5.32 Å². The van der Waals surface area contributed by atoms with Gasteiger partial charge in [0.2, 0.25) is 0 Å². The average molecular weight is 223 g/mol. The van der Waals surface area contributed by atoms with Gasteiger partial charge < -0.3 is 10.4 Å². The topological polar surface area (TPSA) is 49.3 Å². The van der Waals surface area contributed by atoms with Crippen molar-refractivity contribution in [2.24, 2.45) is 0 Å². The molecule has 1 aromatic carbocycles. The Labute approximate surface area is 93.3 Å². The highest BCUT2D eigenvalue weighted by Gasteiger charge is 2.43. The highest BCUT2D eigenvalue weighted by atomic mass is 19.1. The molecule has 0 radical (unpaired) electrons. The van der Waals surface area contributed by atoms with Crippen molar-refractivity contribution >= 4 is 5.91 Å². The van der Waals surface area contributed by atoms with E-state index in [2.05, 4.69) is 5.32 Å². The lowest BCUT2D eigenvalue weighted by Crippen LogP contribution is -2.39. The number of rotatable bonds is 3. The third kappa shape index (κ3) is 2.22. The minimum Gasteiger partial charge on any atom is -0.394 e.